The molecule has 0 aliphatic rings. The Morgan fingerprint density at radius 1 is 0.431 bits per heavy atom. The maximum absolute atomic E-state index is 7.77. The zero-order valence-electron chi connectivity index (χ0n) is 27.2. The van der Waals surface area contributed by atoms with Crippen molar-refractivity contribution in [1.82, 2.24) is 24.5 Å². The third kappa shape index (κ3) is 4.72. The third-order valence-electron chi connectivity index (χ3n) is 9.65. The second kappa shape index (κ2) is 11.4. The monoisotopic (exact) mass is 650 g/mol. The molecule has 0 radical (unpaired) electrons. The van der Waals surface area contributed by atoms with E-state index in [1.165, 1.54) is 0 Å². The van der Waals surface area contributed by atoms with Crippen molar-refractivity contribution in [3.05, 3.63) is 169 Å². The Morgan fingerprint density at radius 3 is 1.69 bits per heavy atom. The Hall–Kier alpha value is -7.23. The number of fused-ring (bicyclic) bond motifs is 6. The van der Waals surface area contributed by atoms with E-state index in [0.717, 1.165) is 76.8 Å². The van der Waals surface area contributed by atoms with Crippen LogP contribution in [0.2, 0.25) is 0 Å². The lowest BCUT2D eigenvalue weighted by Crippen LogP contribution is -2.01. The van der Waals surface area contributed by atoms with E-state index in [-0.39, 0.29) is 0 Å². The Bertz CT molecular complexity index is 2950. The van der Waals surface area contributed by atoms with Crippen molar-refractivity contribution >= 4 is 59.9 Å². The molecule has 0 saturated carbocycles. The summed E-state index contributed by atoms with van der Waals surface area (Å²) >= 11 is 0. The van der Waals surface area contributed by atoms with Gasteiger partial charge in [0.25, 0.3) is 0 Å². The Balaban J connectivity index is 1.23. The molecule has 0 aliphatic heterocycles. The fraction of sp³-hybridized carbons (Fsp3) is 0. The van der Waals surface area contributed by atoms with Crippen molar-refractivity contribution < 1.29 is 0 Å². The summed E-state index contributed by atoms with van der Waals surface area (Å²) in [7, 11) is 0. The van der Waals surface area contributed by atoms with Gasteiger partial charge in [-0.2, -0.15) is 0 Å². The molecule has 0 amide bonds. The smallest absolute Gasteiger partial charge is 0.188 e. The Morgan fingerprint density at radius 2 is 1.00 bits per heavy atom. The summed E-state index contributed by atoms with van der Waals surface area (Å²) < 4.78 is 2.17. The van der Waals surface area contributed by atoms with Crippen molar-refractivity contribution in [3.63, 3.8) is 0 Å². The summed E-state index contributed by atoms with van der Waals surface area (Å²) in [5, 5.41) is 7.43. The molecule has 0 N–H and O–H groups in total. The van der Waals surface area contributed by atoms with Crippen molar-refractivity contribution in [3.8, 4) is 40.0 Å². The largest absolute Gasteiger partial charge is 0.294 e. The average Bonchev–Trinajstić information content (AvgIpc) is 3.53. The first-order valence-corrected chi connectivity index (χ1v) is 16.8. The van der Waals surface area contributed by atoms with Crippen LogP contribution in [-0.4, -0.2) is 24.5 Å². The van der Waals surface area contributed by atoms with E-state index in [4.69, 9.17) is 26.5 Å². The van der Waals surface area contributed by atoms with E-state index in [0.29, 0.717) is 23.2 Å². The third-order valence-corrected chi connectivity index (χ3v) is 9.65. The molecule has 0 bridgehead atoms. The minimum Gasteiger partial charge on any atom is -0.294 e. The lowest BCUT2D eigenvalue weighted by molar-refractivity contribution is 1.08. The average molecular weight is 651 g/mol. The lowest BCUT2D eigenvalue weighted by Gasteiger charge is -2.12. The number of benzene rings is 7. The summed E-state index contributed by atoms with van der Waals surface area (Å²) in [5.74, 6) is 2.60. The molecule has 0 spiro atoms. The van der Waals surface area contributed by atoms with Gasteiger partial charge >= 0.3 is 0 Å². The molecule has 3 heterocycles. The molecule has 7 aromatic carbocycles. The van der Waals surface area contributed by atoms with Crippen LogP contribution >= 0.6 is 0 Å². The molecule has 10 rings (SSSR count). The molecule has 0 fully saturated rings. The molecule has 236 valence electrons. The van der Waals surface area contributed by atoms with Gasteiger partial charge in [-0.1, -0.05) is 109 Å². The molecule has 51 heavy (non-hydrogen) atoms. The van der Waals surface area contributed by atoms with E-state index < -0.39 is 0 Å². The van der Waals surface area contributed by atoms with E-state index in [2.05, 4.69) is 106 Å². The van der Waals surface area contributed by atoms with Gasteiger partial charge in [0.1, 0.15) is 5.82 Å². The topological polar surface area (TPSA) is 60.9 Å². The van der Waals surface area contributed by atoms with Gasteiger partial charge in [0.15, 0.2) is 23.2 Å². The lowest BCUT2D eigenvalue weighted by atomic mass is 10.0. The summed E-state index contributed by atoms with van der Waals surface area (Å²) in [6.45, 7) is 7.77. The number of rotatable bonds is 4. The van der Waals surface area contributed by atoms with Crippen molar-refractivity contribution in [2.45, 2.75) is 0 Å². The van der Waals surface area contributed by atoms with Crippen molar-refractivity contribution in [1.29, 1.82) is 0 Å². The molecule has 10 aromatic rings. The Kier molecular flexibility index (Phi) is 6.45. The first-order valence-electron chi connectivity index (χ1n) is 16.8. The van der Waals surface area contributed by atoms with E-state index in [1.807, 2.05) is 60.7 Å². The second-order valence-electron chi connectivity index (χ2n) is 12.6. The van der Waals surface area contributed by atoms with Crippen LogP contribution < -0.4 is 0 Å². The van der Waals surface area contributed by atoms with Crippen molar-refractivity contribution in [2.75, 3.05) is 0 Å². The zero-order chi connectivity index (χ0) is 33.9. The summed E-state index contributed by atoms with van der Waals surface area (Å²) in [5.41, 5.74) is 6.20. The van der Waals surface area contributed by atoms with Crippen LogP contribution in [0.1, 0.15) is 0 Å². The van der Waals surface area contributed by atoms with Crippen molar-refractivity contribution in [2.24, 2.45) is 0 Å². The second-order valence-corrected chi connectivity index (χ2v) is 12.6. The van der Waals surface area contributed by atoms with E-state index >= 15 is 0 Å². The van der Waals surface area contributed by atoms with E-state index in [9.17, 15) is 0 Å². The van der Waals surface area contributed by atoms with Gasteiger partial charge in [0, 0.05) is 27.5 Å². The fourth-order valence-corrected chi connectivity index (χ4v) is 7.23. The first-order chi connectivity index (χ1) is 25.2. The minimum absolute atomic E-state index is 0.573. The first kappa shape index (κ1) is 28.8. The summed E-state index contributed by atoms with van der Waals surface area (Å²) in [6.07, 6.45) is 0. The maximum Gasteiger partial charge on any atom is 0.188 e. The van der Waals surface area contributed by atoms with Gasteiger partial charge in [-0.15, -0.1) is 0 Å². The number of aromatic nitrogens is 5. The van der Waals surface area contributed by atoms with Crippen LogP contribution in [0.4, 0.5) is 5.69 Å². The van der Waals surface area contributed by atoms with Crippen LogP contribution in [0.15, 0.2) is 158 Å². The summed E-state index contributed by atoms with van der Waals surface area (Å²) in [4.78, 5) is 24.3. The minimum atomic E-state index is 0.573. The predicted octanol–water partition coefficient (Wildman–Crippen LogP) is 11.4. The van der Waals surface area contributed by atoms with Crippen LogP contribution in [0, 0.1) is 6.57 Å². The number of para-hydroxylation sites is 1. The highest BCUT2D eigenvalue weighted by molar-refractivity contribution is 6.11. The summed E-state index contributed by atoms with van der Waals surface area (Å²) in [6, 6.07) is 53.6. The number of pyridine rings is 1. The molecule has 0 saturated heterocycles. The Labute approximate surface area is 292 Å². The highest BCUT2D eigenvalue weighted by Gasteiger charge is 2.19. The molecular weight excluding hydrogens is 625 g/mol. The number of hydrogen-bond donors (Lipinski definition) is 0. The highest BCUT2D eigenvalue weighted by atomic mass is 15.1. The van der Waals surface area contributed by atoms with Gasteiger partial charge in [0.2, 0.25) is 0 Å². The van der Waals surface area contributed by atoms with Crippen LogP contribution in [0.5, 0.6) is 0 Å². The molecular formula is C45H26N6. The molecule has 6 heteroatoms. The van der Waals surface area contributed by atoms with Gasteiger partial charge in [-0.3, -0.25) is 4.57 Å². The number of nitrogens with zero attached hydrogens (tertiary/aromatic N) is 6. The van der Waals surface area contributed by atoms with E-state index in [1.54, 1.807) is 0 Å². The maximum atomic E-state index is 7.77. The van der Waals surface area contributed by atoms with Gasteiger partial charge in [0.05, 0.1) is 23.1 Å². The van der Waals surface area contributed by atoms with Gasteiger partial charge in [-0.05, 0) is 75.5 Å². The number of hydrogen-bond acceptors (Lipinski definition) is 4. The molecule has 0 aliphatic carbocycles. The molecule has 3 aromatic heterocycles. The standard InChI is InChI=1S/C45H26N6/c1-46-32-22-24-41-38(27-32)37-26-31(20-23-40(37)51(41)42-25-21-30-12-4-7-19-39(30)47-42)43-48-44(35-17-8-13-28-10-2-5-15-33(28)35)50-45(49-43)36-18-9-14-29-11-3-6-16-34(29)36/h2-27H. The quantitative estimate of drug-likeness (QED) is 0.178. The normalized spacial score (nSPS) is 11.5. The fourth-order valence-electron chi connectivity index (χ4n) is 7.23. The van der Waals surface area contributed by atoms with Gasteiger partial charge < -0.3 is 0 Å². The predicted molar refractivity (Wildman–Crippen MR) is 207 cm³/mol. The molecule has 0 unspecified atom stereocenters. The van der Waals surface area contributed by atoms with Crippen LogP contribution in [-0.2, 0) is 0 Å². The zero-order valence-corrected chi connectivity index (χ0v) is 27.2. The van der Waals surface area contributed by atoms with Crippen LogP contribution in [0.25, 0.3) is 99.1 Å². The van der Waals surface area contributed by atoms with Gasteiger partial charge in [-0.25, -0.2) is 24.8 Å². The highest BCUT2D eigenvalue weighted by Crippen LogP contribution is 2.38. The molecule has 0 atom stereocenters. The van der Waals surface area contributed by atoms with Crippen LogP contribution in [0.3, 0.4) is 0 Å². The SMILES string of the molecule is [C-]#[N+]c1ccc2c(c1)c1cc(-c3nc(-c4cccc5ccccc45)nc(-c4cccc5ccccc45)n3)ccc1n2-c1ccc2ccccc2n1. The molecule has 6 nitrogen and oxygen atoms in total.